The third-order valence-corrected chi connectivity index (χ3v) is 5.33. The van der Waals surface area contributed by atoms with Crippen molar-refractivity contribution in [2.24, 2.45) is 4.99 Å². The van der Waals surface area contributed by atoms with Crippen LogP contribution < -0.4 is 10.6 Å². The van der Waals surface area contributed by atoms with Crippen LogP contribution in [-0.4, -0.2) is 29.6 Å². The van der Waals surface area contributed by atoms with Crippen molar-refractivity contribution < 1.29 is 5.11 Å². The summed E-state index contributed by atoms with van der Waals surface area (Å²) < 4.78 is 0. The number of phenols is 1. The van der Waals surface area contributed by atoms with E-state index in [9.17, 15) is 5.11 Å². The smallest absolute Gasteiger partial charge is 0.120 e. The van der Waals surface area contributed by atoms with Gasteiger partial charge in [0.15, 0.2) is 0 Å². The van der Waals surface area contributed by atoms with Crippen molar-refractivity contribution in [3.05, 3.63) is 64.7 Å². The fourth-order valence-electron chi connectivity index (χ4n) is 3.81. The van der Waals surface area contributed by atoms with Gasteiger partial charge in [-0.1, -0.05) is 41.9 Å². The van der Waals surface area contributed by atoms with Crippen LogP contribution in [0.4, 0.5) is 0 Å². The number of nitrogens with one attached hydrogen (secondary N) is 2. The van der Waals surface area contributed by atoms with Crippen LogP contribution in [0.3, 0.4) is 0 Å². The lowest BCUT2D eigenvalue weighted by molar-refractivity contribution is 0.216. The minimum absolute atomic E-state index is 0.00972. The van der Waals surface area contributed by atoms with E-state index in [1.165, 1.54) is 0 Å². The molecule has 0 amide bonds. The zero-order valence-corrected chi connectivity index (χ0v) is 14.8. The highest BCUT2D eigenvalue weighted by Crippen LogP contribution is 2.37. The Hall–Kier alpha value is -1.88. The predicted octanol–water partition coefficient (Wildman–Crippen LogP) is 3.65. The van der Waals surface area contributed by atoms with Crippen molar-refractivity contribution >= 4 is 17.3 Å². The van der Waals surface area contributed by atoms with Crippen LogP contribution in [-0.2, 0) is 0 Å². The molecular formula is C20H22ClN3O. The zero-order valence-electron chi connectivity index (χ0n) is 14.0. The van der Waals surface area contributed by atoms with Crippen LogP contribution in [0.25, 0.3) is 0 Å². The van der Waals surface area contributed by atoms with Crippen LogP contribution >= 0.6 is 11.6 Å². The number of benzene rings is 2. The summed E-state index contributed by atoms with van der Waals surface area (Å²) in [6.45, 7) is 1.87. The van der Waals surface area contributed by atoms with Gasteiger partial charge in [-0.2, -0.15) is 0 Å². The summed E-state index contributed by atoms with van der Waals surface area (Å²) in [5, 5.41) is 18.1. The van der Waals surface area contributed by atoms with Crippen molar-refractivity contribution in [3.8, 4) is 5.75 Å². The number of piperidine rings is 1. The van der Waals surface area contributed by atoms with Gasteiger partial charge in [0.1, 0.15) is 11.4 Å². The van der Waals surface area contributed by atoms with Gasteiger partial charge in [0.25, 0.3) is 0 Å². The molecule has 0 aliphatic carbocycles. The van der Waals surface area contributed by atoms with E-state index in [-0.39, 0.29) is 17.5 Å². The van der Waals surface area contributed by atoms with E-state index in [2.05, 4.69) is 22.8 Å². The molecular weight excluding hydrogens is 334 g/mol. The minimum Gasteiger partial charge on any atom is -0.508 e. The van der Waals surface area contributed by atoms with Gasteiger partial charge in [0.2, 0.25) is 0 Å². The number of phenolic OH excluding ortho intramolecular Hbond substituents is 1. The third-order valence-electron chi connectivity index (χ3n) is 5.09. The predicted molar refractivity (Wildman–Crippen MR) is 101 cm³/mol. The highest BCUT2D eigenvalue weighted by atomic mass is 35.5. The average Bonchev–Trinajstić information content (AvgIpc) is 2.64. The summed E-state index contributed by atoms with van der Waals surface area (Å²) in [5.74, 6) is 0.278. The molecule has 1 atom stereocenters. The normalized spacial score (nSPS) is 22.6. The van der Waals surface area contributed by atoms with Crippen molar-refractivity contribution in [1.82, 2.24) is 10.6 Å². The Morgan fingerprint density at radius 2 is 1.84 bits per heavy atom. The second-order valence-corrected chi connectivity index (χ2v) is 7.25. The maximum Gasteiger partial charge on any atom is 0.120 e. The number of hydrogen-bond acceptors (Lipinski definition) is 4. The molecule has 0 radical (unpaired) electrons. The highest BCUT2D eigenvalue weighted by molar-refractivity contribution is 6.30. The van der Waals surface area contributed by atoms with Crippen molar-refractivity contribution in [2.45, 2.75) is 31.0 Å². The molecule has 130 valence electrons. The van der Waals surface area contributed by atoms with Crippen molar-refractivity contribution in [2.75, 3.05) is 13.1 Å². The fraction of sp³-hybridized carbons (Fsp3) is 0.350. The molecule has 1 spiro atoms. The summed E-state index contributed by atoms with van der Waals surface area (Å²) >= 11 is 6.19. The second kappa shape index (κ2) is 6.79. The topological polar surface area (TPSA) is 56.7 Å². The Morgan fingerprint density at radius 3 is 2.60 bits per heavy atom. The molecule has 1 fully saturated rings. The van der Waals surface area contributed by atoms with Gasteiger partial charge >= 0.3 is 0 Å². The molecule has 25 heavy (non-hydrogen) atoms. The summed E-state index contributed by atoms with van der Waals surface area (Å²) in [6.07, 6.45) is 2.59. The van der Waals surface area contributed by atoms with Gasteiger partial charge in [0, 0.05) is 28.8 Å². The summed E-state index contributed by atoms with van der Waals surface area (Å²) in [7, 11) is 0. The van der Waals surface area contributed by atoms with Crippen LogP contribution in [0.5, 0.6) is 5.75 Å². The molecule has 2 aliphatic rings. The number of aliphatic imine (C=N–C) groups is 1. The maximum atomic E-state index is 10.4. The minimum atomic E-state index is -0.284. The molecule has 1 saturated heterocycles. The van der Waals surface area contributed by atoms with Crippen molar-refractivity contribution in [1.29, 1.82) is 0 Å². The average molecular weight is 356 g/mol. The van der Waals surface area contributed by atoms with Crippen LogP contribution in [0, 0.1) is 0 Å². The molecule has 4 rings (SSSR count). The van der Waals surface area contributed by atoms with Crippen LogP contribution in [0.1, 0.15) is 36.4 Å². The van der Waals surface area contributed by atoms with Gasteiger partial charge in [-0.3, -0.25) is 10.3 Å². The van der Waals surface area contributed by atoms with E-state index in [0.717, 1.165) is 49.2 Å². The van der Waals surface area contributed by atoms with Gasteiger partial charge in [-0.05, 0) is 49.7 Å². The highest BCUT2D eigenvalue weighted by Gasteiger charge is 2.38. The van der Waals surface area contributed by atoms with Gasteiger partial charge in [-0.25, -0.2) is 0 Å². The lowest BCUT2D eigenvalue weighted by Crippen LogP contribution is -2.55. The summed E-state index contributed by atoms with van der Waals surface area (Å²) in [6, 6.07) is 15.6. The van der Waals surface area contributed by atoms with Gasteiger partial charge in [0.05, 0.1) is 0 Å². The largest absolute Gasteiger partial charge is 0.508 e. The standard InChI is InChI=1S/C20H22ClN3O/c21-15-6-7-19(25)16(12-15)18-13-17(14-4-2-1-3-5-14)23-20(24-18)8-10-22-11-9-20/h1-7,12,18,22,24-25H,8-11,13H2/t18-/m0/s1. The number of halogens is 1. The van der Waals surface area contributed by atoms with E-state index in [1.54, 1.807) is 12.1 Å². The second-order valence-electron chi connectivity index (χ2n) is 6.81. The zero-order chi connectivity index (χ0) is 17.3. The van der Waals surface area contributed by atoms with E-state index in [4.69, 9.17) is 16.6 Å². The monoisotopic (exact) mass is 355 g/mol. The number of aromatic hydroxyl groups is 1. The summed E-state index contributed by atoms with van der Waals surface area (Å²) in [4.78, 5) is 5.12. The van der Waals surface area contributed by atoms with E-state index in [1.807, 2.05) is 24.3 Å². The fourth-order valence-corrected chi connectivity index (χ4v) is 3.99. The molecule has 2 aromatic rings. The van der Waals surface area contributed by atoms with E-state index >= 15 is 0 Å². The Morgan fingerprint density at radius 1 is 1.08 bits per heavy atom. The molecule has 2 heterocycles. The quantitative estimate of drug-likeness (QED) is 0.770. The molecule has 4 nitrogen and oxygen atoms in total. The molecule has 2 aliphatic heterocycles. The number of nitrogens with zero attached hydrogens (tertiary/aromatic N) is 1. The molecule has 2 aromatic carbocycles. The number of rotatable bonds is 2. The SMILES string of the molecule is Oc1ccc(Cl)cc1[C@@H]1CC(c2ccccc2)=NC2(CCNCC2)N1. The Bertz CT molecular complexity index is 785. The first-order valence-corrected chi connectivity index (χ1v) is 9.14. The molecule has 0 bridgehead atoms. The van der Waals surface area contributed by atoms with Gasteiger partial charge < -0.3 is 10.4 Å². The third kappa shape index (κ3) is 3.43. The van der Waals surface area contributed by atoms with Crippen LogP contribution in [0.2, 0.25) is 5.02 Å². The molecule has 0 aromatic heterocycles. The maximum absolute atomic E-state index is 10.4. The van der Waals surface area contributed by atoms with E-state index in [0.29, 0.717) is 5.02 Å². The first kappa shape index (κ1) is 16.6. The Balaban J connectivity index is 1.75. The Kier molecular flexibility index (Phi) is 4.50. The Labute approximate surface area is 152 Å². The molecule has 5 heteroatoms. The van der Waals surface area contributed by atoms with Gasteiger partial charge in [-0.15, -0.1) is 0 Å². The molecule has 0 unspecified atom stereocenters. The van der Waals surface area contributed by atoms with Crippen molar-refractivity contribution in [3.63, 3.8) is 0 Å². The lowest BCUT2D eigenvalue weighted by atomic mass is 9.88. The lowest BCUT2D eigenvalue weighted by Gasteiger charge is -2.42. The van der Waals surface area contributed by atoms with E-state index < -0.39 is 0 Å². The summed E-state index contributed by atoms with van der Waals surface area (Å²) in [5.41, 5.74) is 2.79. The molecule has 0 saturated carbocycles. The first-order valence-electron chi connectivity index (χ1n) is 8.76. The molecule has 3 N–H and O–H groups in total. The first-order chi connectivity index (χ1) is 12.2. The van der Waals surface area contributed by atoms with Crippen LogP contribution in [0.15, 0.2) is 53.5 Å². The number of hydrogen-bond donors (Lipinski definition) is 3.